The van der Waals surface area contributed by atoms with Crippen LogP contribution in [0, 0.1) is 0 Å². The lowest BCUT2D eigenvalue weighted by Crippen LogP contribution is -2.38. The molecule has 0 fully saturated rings. The second kappa shape index (κ2) is 8.45. The minimum Gasteiger partial charge on any atom is -0.331 e. The summed E-state index contributed by atoms with van der Waals surface area (Å²) in [5.74, 6) is 0. The van der Waals surface area contributed by atoms with Crippen molar-refractivity contribution in [1.29, 1.82) is 0 Å². The molecule has 1 aliphatic carbocycles. The van der Waals surface area contributed by atoms with E-state index in [0.717, 1.165) is 8.97 Å². The van der Waals surface area contributed by atoms with Gasteiger partial charge in [0, 0.05) is 14.4 Å². The molecular formula is C25H36Br2N2+2. The average molecular weight is 524 g/mol. The molecule has 29 heavy (non-hydrogen) atoms. The van der Waals surface area contributed by atoms with E-state index >= 15 is 0 Å². The summed E-state index contributed by atoms with van der Waals surface area (Å²) in [6.07, 6.45) is 4.86. The van der Waals surface area contributed by atoms with Crippen molar-refractivity contribution < 1.29 is 8.97 Å². The fourth-order valence-electron chi connectivity index (χ4n) is 4.81. The van der Waals surface area contributed by atoms with Crippen molar-refractivity contribution in [1.82, 2.24) is 0 Å². The summed E-state index contributed by atoms with van der Waals surface area (Å²) >= 11 is 7.52. The molecule has 0 spiro atoms. The number of rotatable bonds is 8. The molecule has 2 aromatic carbocycles. The van der Waals surface area contributed by atoms with E-state index in [4.69, 9.17) is 0 Å². The van der Waals surface area contributed by atoms with Crippen molar-refractivity contribution in [2.45, 2.75) is 31.1 Å². The highest BCUT2D eigenvalue weighted by Crippen LogP contribution is 2.54. The maximum Gasteiger partial charge on any atom is 0.0780 e. The van der Waals surface area contributed by atoms with Crippen LogP contribution in [0.4, 0.5) is 0 Å². The Balaban J connectivity index is 2.07. The lowest BCUT2D eigenvalue weighted by Gasteiger charge is -2.35. The highest BCUT2D eigenvalue weighted by Gasteiger charge is 2.43. The van der Waals surface area contributed by atoms with Gasteiger partial charge in [0.1, 0.15) is 0 Å². The van der Waals surface area contributed by atoms with Crippen LogP contribution in [-0.2, 0) is 5.41 Å². The largest absolute Gasteiger partial charge is 0.331 e. The third-order valence-electron chi connectivity index (χ3n) is 6.15. The van der Waals surface area contributed by atoms with Gasteiger partial charge in [-0.25, -0.2) is 0 Å². The molecule has 0 bridgehead atoms. The summed E-state index contributed by atoms with van der Waals surface area (Å²) in [6.45, 7) is 2.40. The molecular weight excluding hydrogens is 488 g/mol. The fourth-order valence-corrected chi connectivity index (χ4v) is 5.54. The van der Waals surface area contributed by atoms with Gasteiger partial charge >= 0.3 is 0 Å². The molecule has 3 rings (SSSR count). The molecule has 0 aliphatic heterocycles. The predicted octanol–water partition coefficient (Wildman–Crippen LogP) is 6.45. The Morgan fingerprint density at radius 2 is 1.03 bits per heavy atom. The van der Waals surface area contributed by atoms with Crippen molar-refractivity contribution in [3.8, 4) is 11.1 Å². The van der Waals surface area contributed by atoms with Crippen molar-refractivity contribution in [3.63, 3.8) is 0 Å². The van der Waals surface area contributed by atoms with E-state index in [9.17, 15) is 0 Å². The van der Waals surface area contributed by atoms with E-state index in [1.54, 1.807) is 0 Å². The van der Waals surface area contributed by atoms with Crippen LogP contribution < -0.4 is 0 Å². The van der Waals surface area contributed by atoms with Crippen LogP contribution in [0.1, 0.15) is 36.8 Å². The van der Waals surface area contributed by atoms with Gasteiger partial charge in [-0.3, -0.25) is 0 Å². The molecule has 4 heteroatoms. The summed E-state index contributed by atoms with van der Waals surface area (Å²) in [4.78, 5) is 0. The first-order chi connectivity index (χ1) is 13.4. The first-order valence-electron chi connectivity index (χ1n) is 10.6. The zero-order valence-corrected chi connectivity index (χ0v) is 22.0. The van der Waals surface area contributed by atoms with Crippen LogP contribution in [0.5, 0.6) is 0 Å². The Hall–Kier alpha value is -0.680. The third kappa shape index (κ3) is 5.33. The summed E-state index contributed by atoms with van der Waals surface area (Å²) in [5, 5.41) is 0. The van der Waals surface area contributed by atoms with Crippen molar-refractivity contribution >= 4 is 31.9 Å². The van der Waals surface area contributed by atoms with Gasteiger partial charge < -0.3 is 8.97 Å². The first kappa shape index (κ1) is 23.0. The smallest absolute Gasteiger partial charge is 0.0780 e. The lowest BCUT2D eigenvalue weighted by atomic mass is 9.71. The number of fused-ring (bicyclic) bond motifs is 3. The first-order valence-corrected chi connectivity index (χ1v) is 12.2. The lowest BCUT2D eigenvalue weighted by molar-refractivity contribution is -0.870. The Labute approximate surface area is 194 Å². The summed E-state index contributed by atoms with van der Waals surface area (Å²) in [5.41, 5.74) is 5.98. The van der Waals surface area contributed by atoms with E-state index in [-0.39, 0.29) is 5.41 Å². The Morgan fingerprint density at radius 1 is 0.655 bits per heavy atom. The number of nitrogens with zero attached hydrogens (tertiary/aromatic N) is 2. The van der Waals surface area contributed by atoms with Crippen molar-refractivity contribution in [2.75, 3.05) is 55.4 Å². The van der Waals surface area contributed by atoms with Gasteiger partial charge in [0.25, 0.3) is 0 Å². The van der Waals surface area contributed by atoms with Crippen LogP contribution in [0.2, 0.25) is 0 Å². The SMILES string of the molecule is C[N+](C)(C)CCCC1(CCC[N+](C)(C)C)c2cc(Br)ccc2-c2ccc(Br)cc21. The fraction of sp³-hybridized carbons (Fsp3) is 0.520. The topological polar surface area (TPSA) is 0 Å². The Kier molecular flexibility index (Phi) is 6.70. The normalized spacial score (nSPS) is 15.3. The number of benzene rings is 2. The van der Waals surface area contributed by atoms with Crippen LogP contribution in [-0.4, -0.2) is 64.3 Å². The quantitative estimate of drug-likeness (QED) is 0.349. The molecule has 0 atom stereocenters. The minimum absolute atomic E-state index is 0.0998. The Bertz CT molecular complexity index is 802. The van der Waals surface area contributed by atoms with Gasteiger partial charge in [0.05, 0.1) is 55.4 Å². The van der Waals surface area contributed by atoms with Gasteiger partial charge in [0.2, 0.25) is 0 Å². The average Bonchev–Trinajstić information content (AvgIpc) is 2.82. The van der Waals surface area contributed by atoms with E-state index in [1.165, 1.54) is 70.0 Å². The molecule has 2 nitrogen and oxygen atoms in total. The highest BCUT2D eigenvalue weighted by atomic mass is 79.9. The highest BCUT2D eigenvalue weighted by molar-refractivity contribution is 9.10. The molecule has 0 aromatic heterocycles. The van der Waals surface area contributed by atoms with E-state index in [1.807, 2.05) is 0 Å². The molecule has 0 heterocycles. The zero-order chi connectivity index (χ0) is 21.4. The molecule has 0 radical (unpaired) electrons. The van der Waals surface area contributed by atoms with E-state index < -0.39 is 0 Å². The van der Waals surface area contributed by atoms with Crippen LogP contribution in [0.3, 0.4) is 0 Å². The number of hydrogen-bond acceptors (Lipinski definition) is 0. The molecule has 0 amide bonds. The summed E-state index contributed by atoms with van der Waals surface area (Å²) in [6, 6.07) is 13.8. The van der Waals surface area contributed by atoms with Gasteiger partial charge in [-0.1, -0.05) is 44.0 Å². The van der Waals surface area contributed by atoms with Gasteiger partial charge in [-0.05, 0) is 72.2 Å². The standard InChI is InChI=1S/C25H36Br2N2/c1-28(2,3)15-7-13-25(14-8-16-29(4,5)6)23-17-19(26)9-11-21(23)22-12-10-20(27)18-24(22)25/h9-12,17-18H,7-8,13-16H2,1-6H3/q+2. The maximum atomic E-state index is 3.76. The van der Waals surface area contributed by atoms with Gasteiger partial charge in [0.15, 0.2) is 0 Å². The van der Waals surface area contributed by atoms with E-state index in [0.29, 0.717) is 0 Å². The van der Waals surface area contributed by atoms with E-state index in [2.05, 4.69) is 111 Å². The molecule has 0 saturated heterocycles. The molecule has 1 aliphatic rings. The second-order valence-corrected chi connectivity index (χ2v) is 12.5. The molecule has 158 valence electrons. The Morgan fingerprint density at radius 3 is 1.38 bits per heavy atom. The molecule has 2 aromatic rings. The molecule has 0 saturated carbocycles. The van der Waals surface area contributed by atoms with Crippen LogP contribution in [0.15, 0.2) is 45.3 Å². The monoisotopic (exact) mass is 522 g/mol. The van der Waals surface area contributed by atoms with Crippen molar-refractivity contribution in [3.05, 3.63) is 56.5 Å². The second-order valence-electron chi connectivity index (χ2n) is 10.7. The maximum absolute atomic E-state index is 3.76. The number of quaternary nitrogens is 2. The zero-order valence-electron chi connectivity index (χ0n) is 18.9. The van der Waals surface area contributed by atoms with Crippen LogP contribution in [0.25, 0.3) is 11.1 Å². The third-order valence-corrected chi connectivity index (χ3v) is 7.14. The molecule has 0 unspecified atom stereocenters. The van der Waals surface area contributed by atoms with Crippen molar-refractivity contribution in [2.24, 2.45) is 0 Å². The van der Waals surface area contributed by atoms with Gasteiger partial charge in [-0.15, -0.1) is 0 Å². The van der Waals surface area contributed by atoms with Gasteiger partial charge in [-0.2, -0.15) is 0 Å². The summed E-state index contributed by atoms with van der Waals surface area (Å²) in [7, 11) is 13.8. The number of halogens is 2. The molecule has 0 N–H and O–H groups in total. The summed E-state index contributed by atoms with van der Waals surface area (Å²) < 4.78 is 4.41. The predicted molar refractivity (Wildman–Crippen MR) is 132 cm³/mol. The minimum atomic E-state index is 0.0998. The number of hydrogen-bond donors (Lipinski definition) is 0. The van der Waals surface area contributed by atoms with Crippen LogP contribution >= 0.6 is 31.9 Å².